The van der Waals surface area contributed by atoms with Crippen LogP contribution in [0.5, 0.6) is 0 Å². The molecule has 2 aromatic rings. The maximum atomic E-state index is 10.9. The average Bonchev–Trinajstić information content (AvgIpc) is 2.47. The minimum Gasteiger partial charge on any atom is -0.370 e. The second-order valence-electron chi connectivity index (χ2n) is 5.61. The molecule has 1 amide bonds. The van der Waals surface area contributed by atoms with Crippen molar-refractivity contribution in [1.82, 2.24) is 0 Å². The lowest BCUT2D eigenvalue weighted by molar-refractivity contribution is -0.118. The number of benzene rings is 2. The summed E-state index contributed by atoms with van der Waals surface area (Å²) in [5, 5.41) is 0. The molecule has 2 rings (SSSR count). The molecule has 2 atom stereocenters. The van der Waals surface area contributed by atoms with Crippen molar-refractivity contribution in [1.29, 1.82) is 0 Å². The van der Waals surface area contributed by atoms with Crippen LogP contribution in [0.2, 0.25) is 0 Å². The lowest BCUT2D eigenvalue weighted by atomic mass is 9.93. The first-order valence-corrected chi connectivity index (χ1v) is 7.25. The maximum absolute atomic E-state index is 10.9. The summed E-state index contributed by atoms with van der Waals surface area (Å²) < 4.78 is 0. The summed E-state index contributed by atoms with van der Waals surface area (Å²) in [7, 11) is 0. The van der Waals surface area contributed by atoms with E-state index in [1.54, 1.807) is 0 Å². The summed E-state index contributed by atoms with van der Waals surface area (Å²) in [5.41, 5.74) is 14.9. The van der Waals surface area contributed by atoms with E-state index in [0.29, 0.717) is 6.42 Å². The fourth-order valence-corrected chi connectivity index (χ4v) is 2.55. The van der Waals surface area contributed by atoms with E-state index in [0.717, 1.165) is 12.0 Å². The van der Waals surface area contributed by atoms with E-state index < -0.39 is 0 Å². The minimum absolute atomic E-state index is 0.0656. The van der Waals surface area contributed by atoms with Gasteiger partial charge in [0.15, 0.2) is 0 Å². The molecular weight excluding hydrogens is 260 g/mol. The molecule has 0 aromatic heterocycles. The van der Waals surface area contributed by atoms with E-state index in [-0.39, 0.29) is 17.9 Å². The van der Waals surface area contributed by atoms with Crippen LogP contribution < -0.4 is 11.5 Å². The van der Waals surface area contributed by atoms with Crippen LogP contribution in [0.1, 0.15) is 31.4 Å². The van der Waals surface area contributed by atoms with Crippen LogP contribution in [0.3, 0.4) is 0 Å². The van der Waals surface area contributed by atoms with E-state index in [1.807, 2.05) is 25.1 Å². The molecule has 3 nitrogen and oxygen atoms in total. The van der Waals surface area contributed by atoms with Gasteiger partial charge >= 0.3 is 0 Å². The molecule has 2 unspecified atom stereocenters. The molecule has 0 aliphatic rings. The summed E-state index contributed by atoms with van der Waals surface area (Å²) >= 11 is 0. The lowest BCUT2D eigenvalue weighted by Gasteiger charge is -2.17. The largest absolute Gasteiger partial charge is 0.370 e. The minimum atomic E-state index is -0.269. The van der Waals surface area contributed by atoms with Gasteiger partial charge in [0.25, 0.3) is 0 Å². The summed E-state index contributed by atoms with van der Waals surface area (Å²) in [6.07, 6.45) is 1.14. The van der Waals surface area contributed by atoms with E-state index in [9.17, 15) is 4.79 Å². The molecule has 0 saturated carbocycles. The van der Waals surface area contributed by atoms with Gasteiger partial charge in [-0.3, -0.25) is 4.79 Å². The van der Waals surface area contributed by atoms with E-state index >= 15 is 0 Å². The van der Waals surface area contributed by atoms with Crippen LogP contribution in [-0.2, 0) is 4.79 Å². The zero-order valence-corrected chi connectivity index (χ0v) is 12.3. The van der Waals surface area contributed by atoms with Crippen LogP contribution in [0.25, 0.3) is 11.1 Å². The summed E-state index contributed by atoms with van der Waals surface area (Å²) in [5.74, 6) is -0.0691. The zero-order valence-electron chi connectivity index (χ0n) is 12.3. The molecule has 0 bridgehead atoms. The predicted molar refractivity (Wildman–Crippen MR) is 86.4 cm³/mol. The van der Waals surface area contributed by atoms with Gasteiger partial charge in [-0.15, -0.1) is 0 Å². The van der Waals surface area contributed by atoms with Gasteiger partial charge in [-0.25, -0.2) is 0 Å². The average molecular weight is 282 g/mol. The van der Waals surface area contributed by atoms with Gasteiger partial charge in [0, 0.05) is 12.5 Å². The second-order valence-corrected chi connectivity index (χ2v) is 5.61. The van der Waals surface area contributed by atoms with Crippen molar-refractivity contribution in [3.8, 4) is 11.1 Å². The third-order valence-electron chi connectivity index (χ3n) is 3.65. The molecule has 3 heteroatoms. The summed E-state index contributed by atoms with van der Waals surface area (Å²) in [4.78, 5) is 10.9. The third kappa shape index (κ3) is 4.43. The monoisotopic (exact) mass is 282 g/mol. The Morgan fingerprint density at radius 1 is 1.00 bits per heavy atom. The SMILES string of the molecule is CC(CC(N)=O)CC(N)c1ccc(-c2ccccc2)cc1. The Labute approximate surface area is 126 Å². The normalized spacial score (nSPS) is 13.6. The molecule has 0 aliphatic heterocycles. The Balaban J connectivity index is 2.03. The highest BCUT2D eigenvalue weighted by Gasteiger charge is 2.13. The Morgan fingerprint density at radius 3 is 2.14 bits per heavy atom. The summed E-state index contributed by atoms with van der Waals surface area (Å²) in [6.45, 7) is 2.00. The molecule has 0 fully saturated rings. The molecule has 2 aromatic carbocycles. The molecule has 110 valence electrons. The first-order valence-electron chi connectivity index (χ1n) is 7.25. The van der Waals surface area contributed by atoms with Crippen molar-refractivity contribution in [3.05, 3.63) is 60.2 Å². The number of carbonyl (C=O) groups is 1. The third-order valence-corrected chi connectivity index (χ3v) is 3.65. The molecule has 0 saturated heterocycles. The molecule has 0 radical (unpaired) electrons. The number of primary amides is 1. The molecule has 0 aliphatic carbocycles. The van der Waals surface area contributed by atoms with Crippen molar-refractivity contribution in [3.63, 3.8) is 0 Å². The number of rotatable bonds is 6. The topological polar surface area (TPSA) is 69.1 Å². The van der Waals surface area contributed by atoms with Crippen LogP contribution in [0, 0.1) is 5.92 Å². The summed E-state index contributed by atoms with van der Waals surface area (Å²) in [6, 6.07) is 18.5. The zero-order chi connectivity index (χ0) is 15.2. The predicted octanol–water partition coefficient (Wildman–Crippen LogP) is 3.26. The van der Waals surface area contributed by atoms with Gasteiger partial charge in [-0.2, -0.15) is 0 Å². The quantitative estimate of drug-likeness (QED) is 0.853. The Kier molecular flexibility index (Phi) is 5.12. The van der Waals surface area contributed by atoms with Crippen molar-refractivity contribution in [2.24, 2.45) is 17.4 Å². The van der Waals surface area contributed by atoms with E-state index in [4.69, 9.17) is 11.5 Å². The standard InChI is InChI=1S/C18H22N2O/c1-13(12-18(20)21)11-17(19)16-9-7-15(8-10-16)14-5-3-2-4-6-14/h2-10,13,17H,11-12,19H2,1H3,(H2,20,21). The number of nitrogens with two attached hydrogens (primary N) is 2. The van der Waals surface area contributed by atoms with E-state index in [1.165, 1.54) is 11.1 Å². The second kappa shape index (κ2) is 7.04. The van der Waals surface area contributed by atoms with Crippen molar-refractivity contribution < 1.29 is 4.79 Å². The number of amides is 1. The van der Waals surface area contributed by atoms with Crippen molar-refractivity contribution in [2.45, 2.75) is 25.8 Å². The first kappa shape index (κ1) is 15.3. The first-order chi connectivity index (χ1) is 10.1. The van der Waals surface area contributed by atoms with Gasteiger partial charge in [0.1, 0.15) is 0 Å². The van der Waals surface area contributed by atoms with Crippen LogP contribution >= 0.6 is 0 Å². The van der Waals surface area contributed by atoms with Gasteiger partial charge in [0.2, 0.25) is 5.91 Å². The van der Waals surface area contributed by atoms with Crippen molar-refractivity contribution >= 4 is 5.91 Å². The van der Waals surface area contributed by atoms with Crippen LogP contribution in [0.4, 0.5) is 0 Å². The molecule has 0 spiro atoms. The number of hydrogen-bond acceptors (Lipinski definition) is 2. The highest BCUT2D eigenvalue weighted by Crippen LogP contribution is 2.24. The maximum Gasteiger partial charge on any atom is 0.217 e. The number of carbonyl (C=O) groups excluding carboxylic acids is 1. The fraction of sp³-hybridized carbons (Fsp3) is 0.278. The van der Waals surface area contributed by atoms with Gasteiger partial charge in [-0.05, 0) is 29.0 Å². The van der Waals surface area contributed by atoms with Crippen LogP contribution in [-0.4, -0.2) is 5.91 Å². The highest BCUT2D eigenvalue weighted by molar-refractivity contribution is 5.73. The molecule has 0 heterocycles. The fourth-order valence-electron chi connectivity index (χ4n) is 2.55. The Bertz CT molecular complexity index is 578. The molecule has 21 heavy (non-hydrogen) atoms. The van der Waals surface area contributed by atoms with Crippen LogP contribution in [0.15, 0.2) is 54.6 Å². The molecule has 4 N–H and O–H groups in total. The van der Waals surface area contributed by atoms with E-state index in [2.05, 4.69) is 36.4 Å². The van der Waals surface area contributed by atoms with Gasteiger partial charge in [-0.1, -0.05) is 61.5 Å². The molecular formula is C18H22N2O. The van der Waals surface area contributed by atoms with Crippen molar-refractivity contribution in [2.75, 3.05) is 0 Å². The van der Waals surface area contributed by atoms with Gasteiger partial charge < -0.3 is 11.5 Å². The van der Waals surface area contributed by atoms with Gasteiger partial charge in [0.05, 0.1) is 0 Å². The smallest absolute Gasteiger partial charge is 0.217 e. The Morgan fingerprint density at radius 2 is 1.57 bits per heavy atom. The number of hydrogen-bond donors (Lipinski definition) is 2. The Hall–Kier alpha value is -2.13. The lowest BCUT2D eigenvalue weighted by Crippen LogP contribution is -2.19. The highest BCUT2D eigenvalue weighted by atomic mass is 16.1.